The molecule has 0 bridgehead atoms. The Bertz CT molecular complexity index is 171. The van der Waals surface area contributed by atoms with E-state index in [4.69, 9.17) is 5.73 Å². The lowest BCUT2D eigenvalue weighted by Crippen LogP contribution is -2.40. The second kappa shape index (κ2) is 10.9. The van der Waals surface area contributed by atoms with Gasteiger partial charge in [0, 0.05) is 6.54 Å². The Morgan fingerprint density at radius 1 is 1.06 bits per heavy atom. The molecular weight excluding hydrogens is 200 g/mol. The quantitative estimate of drug-likeness (QED) is 0.565. The molecule has 0 spiro atoms. The van der Waals surface area contributed by atoms with Crippen molar-refractivity contribution in [3.63, 3.8) is 0 Å². The molecule has 16 heavy (non-hydrogen) atoms. The minimum atomic E-state index is -0.315. The Hall–Kier alpha value is -0.570. The van der Waals surface area contributed by atoms with Crippen molar-refractivity contribution >= 4 is 5.91 Å². The second-order valence-corrected chi connectivity index (χ2v) is 4.45. The highest BCUT2D eigenvalue weighted by Crippen LogP contribution is 2.04. The molecule has 0 saturated heterocycles. The Morgan fingerprint density at radius 3 is 2.31 bits per heavy atom. The number of carbonyl (C=O) groups excluding carboxylic acids is 1. The molecule has 0 aromatic carbocycles. The van der Waals surface area contributed by atoms with Gasteiger partial charge in [-0.2, -0.15) is 0 Å². The van der Waals surface area contributed by atoms with Gasteiger partial charge in [0.15, 0.2) is 0 Å². The minimum Gasteiger partial charge on any atom is -0.355 e. The van der Waals surface area contributed by atoms with Crippen LogP contribution in [0.2, 0.25) is 0 Å². The third kappa shape index (κ3) is 8.72. The Labute approximate surface area is 100 Å². The van der Waals surface area contributed by atoms with E-state index in [1.807, 2.05) is 6.92 Å². The van der Waals surface area contributed by atoms with E-state index >= 15 is 0 Å². The van der Waals surface area contributed by atoms with Crippen LogP contribution < -0.4 is 11.1 Å². The van der Waals surface area contributed by atoms with Crippen LogP contribution in [-0.4, -0.2) is 18.5 Å². The molecule has 0 aromatic rings. The van der Waals surface area contributed by atoms with Crippen LogP contribution in [-0.2, 0) is 4.79 Å². The Morgan fingerprint density at radius 2 is 1.69 bits per heavy atom. The average Bonchev–Trinajstić information content (AvgIpc) is 2.28. The highest BCUT2D eigenvalue weighted by Gasteiger charge is 2.10. The van der Waals surface area contributed by atoms with Crippen molar-refractivity contribution in [1.82, 2.24) is 5.32 Å². The summed E-state index contributed by atoms with van der Waals surface area (Å²) in [6, 6.07) is -0.315. The summed E-state index contributed by atoms with van der Waals surface area (Å²) >= 11 is 0. The fraction of sp³-hybridized carbons (Fsp3) is 0.923. The number of unbranched alkanes of at least 4 members (excludes halogenated alkanes) is 5. The van der Waals surface area contributed by atoms with Gasteiger partial charge in [-0.05, 0) is 12.8 Å². The number of amides is 1. The third-order valence-corrected chi connectivity index (χ3v) is 2.77. The zero-order valence-corrected chi connectivity index (χ0v) is 10.9. The maximum atomic E-state index is 11.4. The highest BCUT2D eigenvalue weighted by atomic mass is 16.2. The first-order valence-electron chi connectivity index (χ1n) is 6.75. The molecule has 3 nitrogen and oxygen atoms in total. The molecule has 1 atom stereocenters. The third-order valence-electron chi connectivity index (χ3n) is 2.77. The summed E-state index contributed by atoms with van der Waals surface area (Å²) in [5, 5.41) is 2.89. The summed E-state index contributed by atoms with van der Waals surface area (Å²) in [4.78, 5) is 11.4. The average molecular weight is 228 g/mol. The molecule has 0 aliphatic heterocycles. The van der Waals surface area contributed by atoms with Gasteiger partial charge in [-0.3, -0.25) is 4.79 Å². The van der Waals surface area contributed by atoms with Gasteiger partial charge < -0.3 is 11.1 Å². The van der Waals surface area contributed by atoms with Crippen molar-refractivity contribution in [2.45, 2.75) is 71.3 Å². The maximum Gasteiger partial charge on any atom is 0.236 e. The van der Waals surface area contributed by atoms with Crippen molar-refractivity contribution in [2.24, 2.45) is 5.73 Å². The van der Waals surface area contributed by atoms with Gasteiger partial charge in [0.1, 0.15) is 0 Å². The van der Waals surface area contributed by atoms with Crippen LogP contribution in [0.3, 0.4) is 0 Å². The molecular formula is C13H28N2O. The smallest absolute Gasteiger partial charge is 0.236 e. The van der Waals surface area contributed by atoms with Crippen LogP contribution >= 0.6 is 0 Å². The number of rotatable bonds is 10. The summed E-state index contributed by atoms with van der Waals surface area (Å²) in [6.45, 7) is 5.04. The Kier molecular flexibility index (Phi) is 10.5. The van der Waals surface area contributed by atoms with E-state index < -0.39 is 0 Å². The SMILES string of the molecule is CCCCCCCCNC(=O)C(N)CCC. The van der Waals surface area contributed by atoms with E-state index in [1.54, 1.807) is 0 Å². The van der Waals surface area contributed by atoms with Crippen molar-refractivity contribution in [3.05, 3.63) is 0 Å². The first kappa shape index (κ1) is 15.4. The molecule has 0 aliphatic carbocycles. The number of nitrogens with one attached hydrogen (secondary N) is 1. The molecule has 3 N–H and O–H groups in total. The number of carbonyl (C=O) groups is 1. The molecule has 0 heterocycles. The van der Waals surface area contributed by atoms with Crippen molar-refractivity contribution < 1.29 is 4.79 Å². The van der Waals surface area contributed by atoms with E-state index in [9.17, 15) is 4.79 Å². The number of hydrogen-bond donors (Lipinski definition) is 2. The predicted octanol–water partition coefficient (Wildman–Crippen LogP) is 2.59. The number of nitrogens with two attached hydrogens (primary N) is 1. The molecule has 1 unspecified atom stereocenters. The molecule has 0 rings (SSSR count). The van der Waals surface area contributed by atoms with Crippen LogP contribution in [0.1, 0.15) is 65.2 Å². The summed E-state index contributed by atoms with van der Waals surface area (Å²) in [5.41, 5.74) is 5.70. The molecule has 0 aromatic heterocycles. The summed E-state index contributed by atoms with van der Waals surface area (Å²) in [5.74, 6) is 0.00964. The van der Waals surface area contributed by atoms with E-state index in [0.29, 0.717) is 0 Å². The predicted molar refractivity (Wildman–Crippen MR) is 69.3 cm³/mol. The van der Waals surface area contributed by atoms with Crippen LogP contribution in [0.5, 0.6) is 0 Å². The van der Waals surface area contributed by atoms with Gasteiger partial charge in [0.25, 0.3) is 0 Å². The van der Waals surface area contributed by atoms with Gasteiger partial charge in [0.2, 0.25) is 5.91 Å². The lowest BCUT2D eigenvalue weighted by atomic mass is 10.1. The van der Waals surface area contributed by atoms with Crippen molar-refractivity contribution in [2.75, 3.05) is 6.54 Å². The Balaban J connectivity index is 3.27. The van der Waals surface area contributed by atoms with E-state index in [2.05, 4.69) is 12.2 Å². The van der Waals surface area contributed by atoms with Gasteiger partial charge in [0.05, 0.1) is 6.04 Å². The van der Waals surface area contributed by atoms with E-state index in [1.165, 1.54) is 32.1 Å². The van der Waals surface area contributed by atoms with Crippen LogP contribution in [0.25, 0.3) is 0 Å². The van der Waals surface area contributed by atoms with Gasteiger partial charge in [-0.1, -0.05) is 52.4 Å². The zero-order chi connectivity index (χ0) is 12.2. The van der Waals surface area contributed by atoms with Crippen LogP contribution in [0.15, 0.2) is 0 Å². The standard InChI is InChI=1S/C13H28N2O/c1-3-5-6-7-8-9-11-15-13(16)12(14)10-4-2/h12H,3-11,14H2,1-2H3,(H,15,16). The van der Waals surface area contributed by atoms with E-state index in [0.717, 1.165) is 25.8 Å². The maximum absolute atomic E-state index is 11.4. The summed E-state index contributed by atoms with van der Waals surface area (Å²) in [6.07, 6.45) is 9.24. The molecule has 0 fully saturated rings. The first-order chi connectivity index (χ1) is 7.72. The molecule has 0 radical (unpaired) electrons. The molecule has 0 aliphatic rings. The first-order valence-corrected chi connectivity index (χ1v) is 6.75. The topological polar surface area (TPSA) is 55.1 Å². The van der Waals surface area contributed by atoms with Gasteiger partial charge in [-0.15, -0.1) is 0 Å². The molecule has 96 valence electrons. The van der Waals surface area contributed by atoms with Crippen molar-refractivity contribution in [3.8, 4) is 0 Å². The lowest BCUT2D eigenvalue weighted by Gasteiger charge is -2.10. The molecule has 0 saturated carbocycles. The monoisotopic (exact) mass is 228 g/mol. The largest absolute Gasteiger partial charge is 0.355 e. The molecule has 3 heteroatoms. The van der Waals surface area contributed by atoms with Gasteiger partial charge in [-0.25, -0.2) is 0 Å². The number of hydrogen-bond acceptors (Lipinski definition) is 2. The van der Waals surface area contributed by atoms with Crippen molar-refractivity contribution in [1.29, 1.82) is 0 Å². The van der Waals surface area contributed by atoms with Crippen LogP contribution in [0, 0.1) is 0 Å². The second-order valence-electron chi connectivity index (χ2n) is 4.45. The minimum absolute atomic E-state index is 0.00964. The zero-order valence-electron chi connectivity index (χ0n) is 10.9. The highest BCUT2D eigenvalue weighted by molar-refractivity contribution is 5.81. The fourth-order valence-corrected chi connectivity index (χ4v) is 1.69. The fourth-order valence-electron chi connectivity index (χ4n) is 1.69. The summed E-state index contributed by atoms with van der Waals surface area (Å²) in [7, 11) is 0. The van der Waals surface area contributed by atoms with Crippen LogP contribution in [0.4, 0.5) is 0 Å². The molecule has 1 amide bonds. The van der Waals surface area contributed by atoms with Gasteiger partial charge >= 0.3 is 0 Å². The van der Waals surface area contributed by atoms with E-state index in [-0.39, 0.29) is 11.9 Å². The summed E-state index contributed by atoms with van der Waals surface area (Å²) < 4.78 is 0. The lowest BCUT2D eigenvalue weighted by molar-refractivity contribution is -0.122. The normalized spacial score (nSPS) is 12.4.